The number of fused-ring (bicyclic) bond motifs is 3. The zero-order valence-corrected chi connectivity index (χ0v) is 21.9. The number of nitrogens with zero attached hydrogens (tertiary/aromatic N) is 3. The number of nitrogens with two attached hydrogens (primary N) is 1. The van der Waals surface area contributed by atoms with Crippen molar-refractivity contribution in [3.8, 4) is 5.75 Å². The minimum Gasteiger partial charge on any atom is -0.497 e. The first-order valence-corrected chi connectivity index (χ1v) is 13.5. The number of methoxy groups -OCH3 is 1. The van der Waals surface area contributed by atoms with Crippen LogP contribution in [-0.4, -0.2) is 42.4 Å². The van der Waals surface area contributed by atoms with Crippen LogP contribution >= 0.6 is 0 Å². The van der Waals surface area contributed by atoms with Crippen LogP contribution in [0.25, 0.3) is 21.9 Å². The average Bonchev–Trinajstić information content (AvgIpc) is 3.19. The molecule has 36 heavy (non-hydrogen) atoms. The maximum absolute atomic E-state index is 13.0. The zero-order valence-electron chi connectivity index (χ0n) is 21.1. The van der Waals surface area contributed by atoms with Gasteiger partial charge in [0.25, 0.3) is 0 Å². The van der Waals surface area contributed by atoms with Gasteiger partial charge in [-0.2, -0.15) is 0 Å². The van der Waals surface area contributed by atoms with E-state index in [1.165, 1.54) is 0 Å². The largest absolute Gasteiger partial charge is 0.497 e. The zero-order chi connectivity index (χ0) is 25.9. The Morgan fingerprint density at radius 3 is 2.50 bits per heavy atom. The lowest BCUT2D eigenvalue weighted by Crippen LogP contribution is -2.36. The molecule has 0 fully saturated rings. The van der Waals surface area contributed by atoms with Gasteiger partial charge in [-0.25, -0.2) is 23.1 Å². The smallest absolute Gasteiger partial charge is 0.212 e. The first-order valence-electron chi connectivity index (χ1n) is 11.8. The summed E-state index contributed by atoms with van der Waals surface area (Å²) < 4.78 is 41.7. The van der Waals surface area contributed by atoms with Gasteiger partial charge in [-0.1, -0.05) is 44.2 Å². The van der Waals surface area contributed by atoms with Crippen molar-refractivity contribution in [1.29, 1.82) is 0 Å². The molecule has 0 saturated carbocycles. The van der Waals surface area contributed by atoms with Crippen molar-refractivity contribution in [3.05, 3.63) is 59.9 Å². The molecule has 0 atom stereocenters. The first kappa shape index (κ1) is 25.9. The number of nitrogen functional groups attached to an aromatic ring is 1. The highest BCUT2D eigenvalue weighted by molar-refractivity contribution is 7.89. The van der Waals surface area contributed by atoms with Gasteiger partial charge in [-0.15, -0.1) is 0 Å². The molecule has 2 aromatic heterocycles. The fourth-order valence-electron chi connectivity index (χ4n) is 4.35. The summed E-state index contributed by atoms with van der Waals surface area (Å²) in [6, 6.07) is 15.0. The summed E-state index contributed by atoms with van der Waals surface area (Å²) in [7, 11) is -1.98. The number of aromatic nitrogens is 3. The number of ether oxygens (including phenoxy) is 2. The molecule has 0 aliphatic carbocycles. The first-order chi connectivity index (χ1) is 17.1. The number of sulfonamides is 1. The Kier molecular flexibility index (Phi) is 7.49. The normalized spacial score (nSPS) is 12.4. The van der Waals surface area contributed by atoms with E-state index in [9.17, 15) is 8.42 Å². The molecule has 0 amide bonds. The van der Waals surface area contributed by atoms with E-state index in [0.29, 0.717) is 30.3 Å². The van der Waals surface area contributed by atoms with E-state index in [2.05, 4.69) is 9.71 Å². The summed E-state index contributed by atoms with van der Waals surface area (Å²) in [5, 5.41) is 0.910. The van der Waals surface area contributed by atoms with Crippen LogP contribution in [0.2, 0.25) is 0 Å². The molecule has 4 aromatic rings. The van der Waals surface area contributed by atoms with Crippen LogP contribution in [0.4, 0.5) is 5.82 Å². The highest BCUT2D eigenvalue weighted by Crippen LogP contribution is 2.32. The van der Waals surface area contributed by atoms with Gasteiger partial charge in [-0.05, 0) is 36.1 Å². The van der Waals surface area contributed by atoms with Crippen LogP contribution in [0.3, 0.4) is 0 Å². The van der Waals surface area contributed by atoms with Crippen molar-refractivity contribution < 1.29 is 17.9 Å². The monoisotopic (exact) mass is 511 g/mol. The third-order valence-corrected chi connectivity index (χ3v) is 7.69. The van der Waals surface area contributed by atoms with Crippen LogP contribution in [0.5, 0.6) is 5.75 Å². The van der Waals surface area contributed by atoms with E-state index in [-0.39, 0.29) is 18.9 Å². The molecule has 2 heterocycles. The van der Waals surface area contributed by atoms with Crippen LogP contribution in [0.1, 0.15) is 32.2 Å². The van der Waals surface area contributed by atoms with E-state index in [4.69, 9.17) is 20.2 Å². The number of hydrogen-bond donors (Lipinski definition) is 2. The molecule has 0 spiro atoms. The van der Waals surface area contributed by atoms with Crippen molar-refractivity contribution in [1.82, 2.24) is 19.3 Å². The van der Waals surface area contributed by atoms with Crippen molar-refractivity contribution in [3.63, 3.8) is 0 Å². The number of para-hydroxylation sites is 1. The topological polar surface area (TPSA) is 121 Å². The van der Waals surface area contributed by atoms with Crippen LogP contribution < -0.4 is 15.2 Å². The number of nitrogens with one attached hydrogen (secondary N) is 1. The maximum atomic E-state index is 13.0. The summed E-state index contributed by atoms with van der Waals surface area (Å²) >= 11 is 0. The Hall–Kier alpha value is -3.21. The second kappa shape index (κ2) is 10.4. The summed E-state index contributed by atoms with van der Waals surface area (Å²) in [5.41, 5.74) is 8.69. The molecule has 0 aliphatic heterocycles. The molecule has 10 heteroatoms. The van der Waals surface area contributed by atoms with E-state index in [1.807, 2.05) is 73.9 Å². The molecule has 192 valence electrons. The van der Waals surface area contributed by atoms with Crippen LogP contribution in [0.15, 0.2) is 48.5 Å². The minimum absolute atomic E-state index is 0.0671. The van der Waals surface area contributed by atoms with Gasteiger partial charge < -0.3 is 19.8 Å². The molecule has 0 bridgehead atoms. The van der Waals surface area contributed by atoms with Gasteiger partial charge in [0.15, 0.2) is 5.82 Å². The van der Waals surface area contributed by atoms with Gasteiger partial charge in [0.2, 0.25) is 10.0 Å². The lowest BCUT2D eigenvalue weighted by molar-refractivity contribution is 0.124. The molecule has 0 aliphatic rings. The maximum Gasteiger partial charge on any atom is 0.212 e. The Balaban J connectivity index is 1.62. The van der Waals surface area contributed by atoms with E-state index in [0.717, 1.165) is 27.7 Å². The van der Waals surface area contributed by atoms with Crippen molar-refractivity contribution in [2.45, 2.75) is 40.5 Å². The summed E-state index contributed by atoms with van der Waals surface area (Å²) in [6.45, 7) is 7.22. The molecule has 0 saturated heterocycles. The quantitative estimate of drug-likeness (QED) is 0.314. The highest BCUT2D eigenvalue weighted by Gasteiger charge is 2.29. The van der Waals surface area contributed by atoms with Gasteiger partial charge in [-0.3, -0.25) is 0 Å². The van der Waals surface area contributed by atoms with Gasteiger partial charge in [0.05, 0.1) is 23.9 Å². The molecule has 4 rings (SSSR count). The molecule has 0 unspecified atom stereocenters. The predicted molar refractivity (Wildman–Crippen MR) is 142 cm³/mol. The third kappa shape index (κ3) is 5.77. The van der Waals surface area contributed by atoms with Gasteiger partial charge in [0, 0.05) is 25.1 Å². The number of anilines is 1. The SMILES string of the molecule is CCOCc1nc2c(N)nc3ccccc3c2n1CC(C)(C)CS(=O)(=O)NCc1ccc(OC)cc1. The minimum atomic E-state index is -3.57. The lowest BCUT2D eigenvalue weighted by atomic mass is 9.96. The fourth-order valence-corrected chi connectivity index (χ4v) is 5.96. The Bertz CT molecular complexity index is 1460. The molecule has 3 N–H and O–H groups in total. The van der Waals surface area contributed by atoms with Crippen molar-refractivity contribution in [2.75, 3.05) is 25.2 Å². The highest BCUT2D eigenvalue weighted by atomic mass is 32.2. The van der Waals surface area contributed by atoms with E-state index in [1.54, 1.807) is 7.11 Å². The Morgan fingerprint density at radius 2 is 1.81 bits per heavy atom. The second-order valence-electron chi connectivity index (χ2n) is 9.56. The Labute approximate surface area is 211 Å². The third-order valence-electron chi connectivity index (χ3n) is 5.95. The average molecular weight is 512 g/mol. The molecular weight excluding hydrogens is 478 g/mol. The predicted octanol–water partition coefficient (Wildman–Crippen LogP) is 3.86. The summed E-state index contributed by atoms with van der Waals surface area (Å²) in [6.07, 6.45) is 0. The van der Waals surface area contributed by atoms with Crippen molar-refractivity contribution >= 4 is 37.8 Å². The van der Waals surface area contributed by atoms with Crippen LogP contribution in [-0.2, 0) is 34.5 Å². The second-order valence-corrected chi connectivity index (χ2v) is 11.4. The molecule has 2 aromatic carbocycles. The Morgan fingerprint density at radius 1 is 1.08 bits per heavy atom. The number of imidazole rings is 1. The van der Waals surface area contributed by atoms with Crippen LogP contribution in [0, 0.1) is 5.41 Å². The van der Waals surface area contributed by atoms with E-state index >= 15 is 0 Å². The number of rotatable bonds is 11. The standard InChI is InChI=1S/C26H33N5O4S/c1-5-35-15-22-30-23-24(20-8-6-7-9-21(20)29-25(23)27)31(22)16-26(2,3)17-36(32,33)28-14-18-10-12-19(34-4)13-11-18/h6-13,28H,5,14-17H2,1-4H3,(H2,27,29). The van der Waals surface area contributed by atoms with Gasteiger partial charge in [0.1, 0.15) is 23.7 Å². The number of benzene rings is 2. The lowest BCUT2D eigenvalue weighted by Gasteiger charge is -2.26. The van der Waals surface area contributed by atoms with Gasteiger partial charge >= 0.3 is 0 Å². The summed E-state index contributed by atoms with van der Waals surface area (Å²) in [5.74, 6) is 1.68. The fraction of sp³-hybridized carbons (Fsp3) is 0.385. The molecule has 9 nitrogen and oxygen atoms in total. The number of hydrogen-bond acceptors (Lipinski definition) is 7. The molecule has 0 radical (unpaired) electrons. The van der Waals surface area contributed by atoms with E-state index < -0.39 is 15.4 Å². The molecular formula is C26H33N5O4S. The number of pyridine rings is 1. The van der Waals surface area contributed by atoms with Crippen molar-refractivity contribution in [2.24, 2.45) is 5.41 Å². The summed E-state index contributed by atoms with van der Waals surface area (Å²) in [4.78, 5) is 9.25.